The quantitative estimate of drug-likeness (QED) is 0.418. The maximum absolute atomic E-state index is 15.0. The summed E-state index contributed by atoms with van der Waals surface area (Å²) in [7, 11) is 5.35. The monoisotopic (exact) mass is 520 g/mol. The van der Waals surface area contributed by atoms with Crippen molar-refractivity contribution >= 4 is 29.3 Å². The minimum Gasteiger partial charge on any atom is -0.465 e. The van der Waals surface area contributed by atoms with Gasteiger partial charge in [0.2, 0.25) is 11.8 Å². The first kappa shape index (κ1) is 28.4. The van der Waals surface area contributed by atoms with Crippen molar-refractivity contribution in [3.63, 3.8) is 0 Å². The van der Waals surface area contributed by atoms with E-state index in [1.165, 1.54) is 24.1 Å². The van der Waals surface area contributed by atoms with Crippen molar-refractivity contribution in [1.82, 2.24) is 20.0 Å². The van der Waals surface area contributed by atoms with Crippen molar-refractivity contribution in [2.24, 2.45) is 0 Å². The Morgan fingerprint density at radius 2 is 1.89 bits per heavy atom. The smallest absolute Gasteiger partial charge is 0.405 e. The summed E-state index contributed by atoms with van der Waals surface area (Å²) in [4.78, 5) is 45.1. The number of carboxylic acid groups (broad SMARTS) is 1. The van der Waals surface area contributed by atoms with E-state index in [9.17, 15) is 23.9 Å². The number of likely N-dealkylation sites (N-methyl/N-ethyl adjacent to an activating group) is 2. The van der Waals surface area contributed by atoms with Crippen LogP contribution in [0.25, 0.3) is 0 Å². The predicted octanol–water partition coefficient (Wildman–Crippen LogP) is 0.258. The molecule has 3 rings (SSSR count). The summed E-state index contributed by atoms with van der Waals surface area (Å²) >= 11 is 0. The zero-order valence-electron chi connectivity index (χ0n) is 21.6. The van der Waals surface area contributed by atoms with Gasteiger partial charge in [-0.15, -0.1) is 0 Å². The molecule has 1 fully saturated rings. The van der Waals surface area contributed by atoms with E-state index in [-0.39, 0.29) is 31.1 Å². The zero-order valence-corrected chi connectivity index (χ0v) is 21.6. The standard InChI is InChI=1S/C25H37FN6O5/c1-28(2)10-5-8-22(34)31-14-12-30(13-15-31)16-18(33)17-32-11-9-20(27-25(36)37)24(35)29(3)21-7-4-6-19(26)23(21)32/h4-8,18,20,27,33H,9-17H2,1-3H3,(H,36,37)/b8-5+/t18?,20-/m0/s1. The largest absolute Gasteiger partial charge is 0.465 e. The first-order chi connectivity index (χ1) is 17.6. The van der Waals surface area contributed by atoms with Crippen LogP contribution >= 0.6 is 0 Å². The maximum Gasteiger partial charge on any atom is 0.405 e. The highest BCUT2D eigenvalue weighted by atomic mass is 19.1. The van der Waals surface area contributed by atoms with E-state index >= 15 is 0 Å². The van der Waals surface area contributed by atoms with Crippen molar-refractivity contribution in [1.29, 1.82) is 0 Å². The molecule has 204 valence electrons. The van der Waals surface area contributed by atoms with Crippen molar-refractivity contribution in [3.05, 3.63) is 36.2 Å². The number of carbonyl (C=O) groups is 3. The molecule has 1 saturated heterocycles. The summed E-state index contributed by atoms with van der Waals surface area (Å²) in [5, 5.41) is 22.3. The third kappa shape index (κ3) is 7.63. The molecule has 37 heavy (non-hydrogen) atoms. The second-order valence-electron chi connectivity index (χ2n) is 9.69. The molecule has 0 radical (unpaired) electrons. The molecule has 0 aromatic heterocycles. The van der Waals surface area contributed by atoms with Gasteiger partial charge < -0.3 is 35.1 Å². The molecule has 2 aliphatic heterocycles. The van der Waals surface area contributed by atoms with Gasteiger partial charge in [-0.2, -0.15) is 0 Å². The molecule has 0 saturated carbocycles. The topological polar surface area (TPSA) is 120 Å². The number of nitrogens with one attached hydrogen (secondary N) is 1. The SMILES string of the molecule is CN(C)C/C=C/C(=O)N1CCN(CC(O)CN2CC[C@H](NC(=O)O)C(=O)N(C)c3cccc(F)c32)CC1. The molecular formula is C25H37FN6O5. The minimum atomic E-state index is -1.32. The molecule has 3 amide bonds. The van der Waals surface area contributed by atoms with Gasteiger partial charge in [-0.3, -0.25) is 14.5 Å². The molecule has 0 spiro atoms. The van der Waals surface area contributed by atoms with Gasteiger partial charge in [0.25, 0.3) is 0 Å². The predicted molar refractivity (Wildman–Crippen MR) is 138 cm³/mol. The molecule has 0 aliphatic carbocycles. The van der Waals surface area contributed by atoms with Gasteiger partial charge in [0, 0.05) is 65.5 Å². The highest BCUT2D eigenvalue weighted by molar-refractivity contribution is 6.01. The number of aliphatic hydroxyl groups is 1. The van der Waals surface area contributed by atoms with Crippen LogP contribution in [0.1, 0.15) is 6.42 Å². The Hall–Kier alpha value is -3.22. The van der Waals surface area contributed by atoms with Gasteiger partial charge in [0.15, 0.2) is 0 Å². The average Bonchev–Trinajstić information content (AvgIpc) is 2.84. The molecule has 1 unspecified atom stereocenters. The van der Waals surface area contributed by atoms with Crippen LogP contribution in [0, 0.1) is 5.82 Å². The van der Waals surface area contributed by atoms with Crippen LogP contribution < -0.4 is 15.1 Å². The van der Waals surface area contributed by atoms with Gasteiger partial charge in [-0.25, -0.2) is 9.18 Å². The lowest BCUT2D eigenvalue weighted by Gasteiger charge is -2.38. The minimum absolute atomic E-state index is 0.0297. The van der Waals surface area contributed by atoms with E-state index in [1.807, 2.05) is 25.1 Å². The third-order valence-electron chi connectivity index (χ3n) is 6.57. The Morgan fingerprint density at radius 1 is 1.19 bits per heavy atom. The van der Waals surface area contributed by atoms with E-state index in [1.54, 1.807) is 21.9 Å². The van der Waals surface area contributed by atoms with Crippen molar-refractivity contribution in [3.8, 4) is 0 Å². The molecule has 2 atom stereocenters. The number of nitrogens with zero attached hydrogens (tertiary/aromatic N) is 5. The summed E-state index contributed by atoms with van der Waals surface area (Å²) in [6.45, 7) is 3.62. The Bertz CT molecular complexity index is 998. The molecular weight excluding hydrogens is 483 g/mol. The lowest BCUT2D eigenvalue weighted by Crippen LogP contribution is -2.53. The number of aliphatic hydroxyl groups excluding tert-OH is 1. The number of carbonyl (C=O) groups excluding carboxylic acids is 2. The summed E-state index contributed by atoms with van der Waals surface area (Å²) in [5.41, 5.74) is 0.509. The molecule has 3 N–H and O–H groups in total. The molecule has 11 nitrogen and oxygen atoms in total. The number of para-hydroxylation sites is 1. The lowest BCUT2D eigenvalue weighted by atomic mass is 10.1. The van der Waals surface area contributed by atoms with E-state index < -0.39 is 30.0 Å². The second-order valence-corrected chi connectivity index (χ2v) is 9.69. The number of piperazine rings is 1. The van der Waals surface area contributed by atoms with Crippen LogP contribution in [0.2, 0.25) is 0 Å². The number of β-amino-alcohol motifs (C(OH)–C–C–N with tert-alkyl or cyclic N) is 1. The van der Waals surface area contributed by atoms with Gasteiger partial charge >= 0.3 is 6.09 Å². The van der Waals surface area contributed by atoms with E-state index in [4.69, 9.17) is 5.11 Å². The molecule has 1 aromatic rings. The zero-order chi connectivity index (χ0) is 27.1. The van der Waals surface area contributed by atoms with Gasteiger partial charge in [0.1, 0.15) is 11.9 Å². The van der Waals surface area contributed by atoms with Crippen molar-refractivity contribution in [2.45, 2.75) is 18.6 Å². The Labute approximate surface area is 216 Å². The normalized spacial score (nSPS) is 20.1. The summed E-state index contributed by atoms with van der Waals surface area (Å²) in [6.07, 6.45) is 1.40. The van der Waals surface area contributed by atoms with E-state index in [0.29, 0.717) is 45.0 Å². The highest BCUT2D eigenvalue weighted by Gasteiger charge is 2.32. The lowest BCUT2D eigenvalue weighted by molar-refractivity contribution is -0.127. The molecule has 12 heteroatoms. The molecule has 2 aliphatic rings. The van der Waals surface area contributed by atoms with Crippen LogP contribution in [0.15, 0.2) is 30.4 Å². The number of fused-ring (bicyclic) bond motifs is 1. The summed E-state index contributed by atoms with van der Waals surface area (Å²) < 4.78 is 15.0. The number of rotatable bonds is 8. The summed E-state index contributed by atoms with van der Waals surface area (Å²) in [6, 6.07) is 3.40. The van der Waals surface area contributed by atoms with Crippen molar-refractivity contribution < 1.29 is 29.0 Å². The Morgan fingerprint density at radius 3 is 2.54 bits per heavy atom. The number of hydrogen-bond donors (Lipinski definition) is 3. The number of benzene rings is 1. The molecule has 1 aromatic carbocycles. The highest BCUT2D eigenvalue weighted by Crippen LogP contribution is 2.34. The first-order valence-corrected chi connectivity index (χ1v) is 12.4. The third-order valence-corrected chi connectivity index (χ3v) is 6.57. The Kier molecular flexibility index (Phi) is 9.84. The number of halogens is 1. The van der Waals surface area contributed by atoms with E-state index in [2.05, 4.69) is 10.2 Å². The fourth-order valence-corrected chi connectivity index (χ4v) is 4.66. The Balaban J connectivity index is 1.64. The second kappa shape index (κ2) is 12.8. The van der Waals surface area contributed by atoms with Gasteiger partial charge in [-0.1, -0.05) is 12.1 Å². The number of anilines is 2. The number of amides is 3. The van der Waals surface area contributed by atoms with Gasteiger partial charge in [-0.05, 0) is 32.6 Å². The van der Waals surface area contributed by atoms with E-state index in [0.717, 1.165) is 0 Å². The van der Waals surface area contributed by atoms with Gasteiger partial charge in [0.05, 0.1) is 17.5 Å². The summed E-state index contributed by atoms with van der Waals surface area (Å²) in [5.74, 6) is -1.03. The van der Waals surface area contributed by atoms with Crippen LogP contribution in [-0.2, 0) is 9.59 Å². The van der Waals surface area contributed by atoms with Crippen LogP contribution in [-0.4, -0.2) is 128 Å². The number of hydrogen-bond acceptors (Lipinski definition) is 7. The average molecular weight is 521 g/mol. The van der Waals surface area contributed by atoms with Crippen LogP contribution in [0.5, 0.6) is 0 Å². The molecule has 2 heterocycles. The molecule has 0 bridgehead atoms. The fourth-order valence-electron chi connectivity index (χ4n) is 4.66. The van der Waals surface area contributed by atoms with Crippen LogP contribution in [0.4, 0.5) is 20.6 Å². The first-order valence-electron chi connectivity index (χ1n) is 12.4. The fraction of sp³-hybridized carbons (Fsp3) is 0.560. The maximum atomic E-state index is 15.0. The van der Waals surface area contributed by atoms with Crippen molar-refractivity contribution in [2.75, 3.05) is 83.3 Å². The van der Waals surface area contributed by atoms with Crippen LogP contribution in [0.3, 0.4) is 0 Å².